The van der Waals surface area contributed by atoms with Crippen molar-refractivity contribution in [2.24, 2.45) is 0 Å². The van der Waals surface area contributed by atoms with E-state index in [9.17, 15) is 26.3 Å². The van der Waals surface area contributed by atoms with Crippen molar-refractivity contribution in [3.63, 3.8) is 0 Å². The van der Waals surface area contributed by atoms with Crippen LogP contribution in [0, 0.1) is 0 Å². The molecule has 0 spiro atoms. The molecule has 0 amide bonds. The number of rotatable bonds is 1. The van der Waals surface area contributed by atoms with Gasteiger partial charge in [-0.3, -0.25) is 0 Å². The van der Waals surface area contributed by atoms with Gasteiger partial charge in [-0.15, -0.1) is 0 Å². The molecule has 0 fully saturated rings. The van der Waals surface area contributed by atoms with E-state index in [2.05, 4.69) is 0 Å². The second kappa shape index (κ2) is 3.15. The summed E-state index contributed by atoms with van der Waals surface area (Å²) in [5.74, 6) is -5.43. The minimum absolute atomic E-state index is 0.473. The molecule has 0 N–H and O–H groups in total. The van der Waals surface area contributed by atoms with Gasteiger partial charge in [0.15, 0.2) is 12.0 Å². The van der Waals surface area contributed by atoms with Gasteiger partial charge in [0.2, 0.25) is 5.83 Å². The third-order valence-corrected chi connectivity index (χ3v) is 0.808. The zero-order valence-corrected chi connectivity index (χ0v) is 5.35. The van der Waals surface area contributed by atoms with Gasteiger partial charge in [-0.25, -0.2) is 8.78 Å². The van der Waals surface area contributed by atoms with Crippen LogP contribution < -0.4 is 0 Å². The van der Waals surface area contributed by atoms with Gasteiger partial charge in [-0.05, 0) is 6.92 Å². The van der Waals surface area contributed by atoms with E-state index in [4.69, 9.17) is 0 Å². The highest BCUT2D eigenvalue weighted by Gasteiger charge is 2.39. The molecule has 0 aromatic rings. The smallest absolute Gasteiger partial charge is 0.240 e. The predicted molar refractivity (Wildman–Crippen MR) is 25.9 cm³/mol. The summed E-state index contributed by atoms with van der Waals surface area (Å²) in [5, 5.41) is 0. The van der Waals surface area contributed by atoms with Gasteiger partial charge in [-0.1, -0.05) is 0 Å². The van der Waals surface area contributed by atoms with E-state index in [0.29, 0.717) is 6.92 Å². The predicted octanol–water partition coefficient (Wildman–Crippen LogP) is 3.06. The quantitative estimate of drug-likeness (QED) is 0.541. The molecule has 0 aliphatic rings. The van der Waals surface area contributed by atoms with E-state index in [1.165, 1.54) is 0 Å². The molecule has 0 aliphatic heterocycles. The second-order valence-electron chi connectivity index (χ2n) is 1.78. The molecule has 0 bridgehead atoms. The SMILES string of the molecule is CC(F)/C(F)=C(\F)C(F)(F)F. The number of allylic oxidation sites excluding steroid dienone is 2. The standard InChI is InChI=1S/C5H4F6/c1-2(6)3(7)4(8)5(9,10)11/h2H,1H3/b4-3+. The summed E-state index contributed by atoms with van der Waals surface area (Å²) in [6.45, 7) is 0.473. The van der Waals surface area contributed by atoms with E-state index in [0.717, 1.165) is 0 Å². The first kappa shape index (κ1) is 10.3. The van der Waals surface area contributed by atoms with Gasteiger partial charge < -0.3 is 0 Å². The van der Waals surface area contributed by atoms with Crippen LogP contribution in [-0.2, 0) is 0 Å². The lowest BCUT2D eigenvalue weighted by Crippen LogP contribution is -2.12. The minimum atomic E-state index is -5.44. The van der Waals surface area contributed by atoms with Crippen LogP contribution in [0.2, 0.25) is 0 Å². The van der Waals surface area contributed by atoms with Crippen molar-refractivity contribution in [2.75, 3.05) is 0 Å². The lowest BCUT2D eigenvalue weighted by Gasteiger charge is -2.04. The first-order valence-corrected chi connectivity index (χ1v) is 2.53. The van der Waals surface area contributed by atoms with E-state index >= 15 is 0 Å². The fraction of sp³-hybridized carbons (Fsp3) is 0.600. The van der Waals surface area contributed by atoms with Crippen molar-refractivity contribution in [3.05, 3.63) is 11.7 Å². The molecule has 11 heavy (non-hydrogen) atoms. The zero-order valence-electron chi connectivity index (χ0n) is 5.35. The molecule has 1 atom stereocenters. The van der Waals surface area contributed by atoms with E-state index in [1.807, 2.05) is 0 Å². The topological polar surface area (TPSA) is 0 Å². The summed E-state index contributed by atoms with van der Waals surface area (Å²) in [7, 11) is 0. The summed E-state index contributed by atoms with van der Waals surface area (Å²) >= 11 is 0. The number of hydrogen-bond acceptors (Lipinski definition) is 0. The Bertz CT molecular complexity index is 164. The van der Waals surface area contributed by atoms with Crippen LogP contribution in [-0.4, -0.2) is 12.3 Å². The first-order chi connectivity index (χ1) is 4.76. The lowest BCUT2D eigenvalue weighted by atomic mass is 10.3. The lowest BCUT2D eigenvalue weighted by molar-refractivity contribution is -0.112. The summed E-state index contributed by atoms with van der Waals surface area (Å²) < 4.78 is 68.9. The Morgan fingerprint density at radius 1 is 1.18 bits per heavy atom. The van der Waals surface area contributed by atoms with E-state index < -0.39 is 24.0 Å². The minimum Gasteiger partial charge on any atom is -0.240 e. The molecule has 0 aromatic heterocycles. The fourth-order valence-corrected chi connectivity index (χ4v) is 0.310. The molecule has 1 unspecified atom stereocenters. The molecule has 0 aromatic carbocycles. The third-order valence-electron chi connectivity index (χ3n) is 0.808. The highest BCUT2D eigenvalue weighted by Crippen LogP contribution is 2.31. The van der Waals surface area contributed by atoms with Crippen molar-refractivity contribution in [1.29, 1.82) is 0 Å². The molecule has 0 rings (SSSR count). The van der Waals surface area contributed by atoms with Gasteiger partial charge in [0, 0.05) is 0 Å². The van der Waals surface area contributed by atoms with Gasteiger partial charge in [0.05, 0.1) is 0 Å². The summed E-state index contributed by atoms with van der Waals surface area (Å²) in [4.78, 5) is 0. The molecule has 0 radical (unpaired) electrons. The van der Waals surface area contributed by atoms with Crippen molar-refractivity contribution in [1.82, 2.24) is 0 Å². The van der Waals surface area contributed by atoms with Crippen LogP contribution in [0.4, 0.5) is 26.3 Å². The van der Waals surface area contributed by atoms with Crippen LogP contribution in [0.15, 0.2) is 11.7 Å². The van der Waals surface area contributed by atoms with Crippen molar-refractivity contribution in [3.8, 4) is 0 Å². The highest BCUT2D eigenvalue weighted by molar-refractivity contribution is 5.08. The average Bonchev–Trinajstić information content (AvgIpc) is 1.82. The fourth-order valence-electron chi connectivity index (χ4n) is 0.310. The Morgan fingerprint density at radius 3 is 1.64 bits per heavy atom. The largest absolute Gasteiger partial charge is 0.445 e. The third kappa shape index (κ3) is 2.81. The average molecular weight is 178 g/mol. The highest BCUT2D eigenvalue weighted by atomic mass is 19.4. The summed E-state index contributed by atoms with van der Waals surface area (Å²) in [6, 6.07) is 0. The Morgan fingerprint density at radius 2 is 1.55 bits per heavy atom. The Labute approximate surface area is 58.5 Å². The molecule has 66 valence electrons. The zero-order chi connectivity index (χ0) is 9.23. The van der Waals surface area contributed by atoms with Gasteiger partial charge >= 0.3 is 6.18 Å². The Kier molecular flexibility index (Phi) is 2.95. The van der Waals surface area contributed by atoms with Crippen LogP contribution in [0.25, 0.3) is 0 Å². The Hall–Kier alpha value is -0.680. The molecular formula is C5H4F6. The van der Waals surface area contributed by atoms with E-state index in [-0.39, 0.29) is 0 Å². The maximum atomic E-state index is 11.8. The molecule has 0 heterocycles. The van der Waals surface area contributed by atoms with E-state index in [1.54, 1.807) is 0 Å². The van der Waals surface area contributed by atoms with Crippen LogP contribution in [0.1, 0.15) is 6.92 Å². The maximum absolute atomic E-state index is 11.8. The molecule has 0 nitrogen and oxygen atoms in total. The molecule has 0 saturated carbocycles. The monoisotopic (exact) mass is 178 g/mol. The van der Waals surface area contributed by atoms with Crippen molar-refractivity contribution in [2.45, 2.75) is 19.3 Å². The van der Waals surface area contributed by atoms with Crippen molar-refractivity contribution < 1.29 is 26.3 Å². The Balaban J connectivity index is 4.67. The molecule has 0 saturated heterocycles. The number of hydrogen-bond donors (Lipinski definition) is 0. The summed E-state index contributed by atoms with van der Waals surface area (Å²) in [5.41, 5.74) is 0. The van der Waals surface area contributed by atoms with Gasteiger partial charge in [-0.2, -0.15) is 17.6 Å². The van der Waals surface area contributed by atoms with Crippen LogP contribution in [0.5, 0.6) is 0 Å². The number of alkyl halides is 4. The van der Waals surface area contributed by atoms with Gasteiger partial charge in [0.25, 0.3) is 0 Å². The van der Waals surface area contributed by atoms with Gasteiger partial charge in [0.1, 0.15) is 0 Å². The molecular weight excluding hydrogens is 174 g/mol. The maximum Gasteiger partial charge on any atom is 0.445 e. The van der Waals surface area contributed by atoms with Crippen LogP contribution in [0.3, 0.4) is 0 Å². The van der Waals surface area contributed by atoms with Crippen LogP contribution >= 0.6 is 0 Å². The summed E-state index contributed by atoms with van der Waals surface area (Å²) in [6.07, 6.45) is -8.01. The van der Waals surface area contributed by atoms with Crippen molar-refractivity contribution >= 4 is 0 Å². The second-order valence-corrected chi connectivity index (χ2v) is 1.78. The molecule has 6 heteroatoms. The first-order valence-electron chi connectivity index (χ1n) is 2.53. The number of halogens is 6. The normalized spacial score (nSPS) is 17.7. The molecule has 0 aliphatic carbocycles.